The van der Waals surface area contributed by atoms with Crippen molar-refractivity contribution in [3.8, 4) is 0 Å². The fourth-order valence-electron chi connectivity index (χ4n) is 5.47. The lowest BCUT2D eigenvalue weighted by Gasteiger charge is -2.31. The van der Waals surface area contributed by atoms with Gasteiger partial charge in [0.05, 0.1) is 18.8 Å². The molecule has 8 heteroatoms. The third kappa shape index (κ3) is 5.66. The number of hydrogen-bond donors (Lipinski definition) is 2. The first-order valence-corrected chi connectivity index (χ1v) is 13.9. The van der Waals surface area contributed by atoms with Gasteiger partial charge in [0.25, 0.3) is 5.91 Å². The highest BCUT2D eigenvalue weighted by Gasteiger charge is 2.52. The van der Waals surface area contributed by atoms with E-state index in [4.69, 9.17) is 0 Å². The number of carbonyl (C=O) groups excluding carboxylic acids is 3. The number of β-lactam (4-membered cyclic amide) rings is 1. The summed E-state index contributed by atoms with van der Waals surface area (Å²) in [6.45, 7) is 3.23. The van der Waals surface area contributed by atoms with Gasteiger partial charge >= 0.3 is 0 Å². The fourth-order valence-corrected chi connectivity index (χ4v) is 5.47. The molecule has 3 aromatic rings. The molecule has 1 fully saturated rings. The lowest BCUT2D eigenvalue weighted by molar-refractivity contribution is -0.139. The molecule has 0 saturated carbocycles. The molecule has 0 radical (unpaired) electrons. The molecule has 1 saturated heterocycles. The van der Waals surface area contributed by atoms with Crippen LogP contribution in [0.1, 0.15) is 36.5 Å². The molecule has 2 aliphatic rings. The number of fused-ring (bicyclic) bond motifs is 1. The van der Waals surface area contributed by atoms with Crippen LogP contribution in [0.2, 0.25) is 0 Å². The summed E-state index contributed by atoms with van der Waals surface area (Å²) in [4.78, 5) is 43.4. The minimum Gasteiger partial charge on any atom is -0.395 e. The zero-order valence-electron chi connectivity index (χ0n) is 23.1. The van der Waals surface area contributed by atoms with E-state index in [9.17, 15) is 24.6 Å². The van der Waals surface area contributed by atoms with Crippen LogP contribution in [-0.2, 0) is 33.1 Å². The molecule has 0 bridgehead atoms. The molecule has 0 unspecified atom stereocenters. The first kappa shape index (κ1) is 28.3. The number of nitrogens with zero attached hydrogens (tertiary/aromatic N) is 3. The average molecular weight is 554 g/mol. The molecule has 5 rings (SSSR count). The maximum absolute atomic E-state index is 13.8. The predicted octanol–water partition coefficient (Wildman–Crippen LogP) is 3.76. The van der Waals surface area contributed by atoms with Gasteiger partial charge in [-0.25, -0.2) is 0 Å². The van der Waals surface area contributed by atoms with E-state index in [1.54, 1.807) is 45.9 Å². The fraction of sp³-hybridized carbons (Fsp3) is 0.303. The average Bonchev–Trinajstić information content (AvgIpc) is 3.20. The monoisotopic (exact) mass is 553 g/mol. The molecule has 2 heterocycles. The van der Waals surface area contributed by atoms with E-state index in [2.05, 4.69) is 0 Å². The van der Waals surface area contributed by atoms with Crippen LogP contribution in [0.15, 0.2) is 91.0 Å². The van der Waals surface area contributed by atoms with Crippen LogP contribution in [0.25, 0.3) is 0 Å². The number of rotatable bonds is 11. The number of anilines is 2. The summed E-state index contributed by atoms with van der Waals surface area (Å²) >= 11 is 0. The highest BCUT2D eigenvalue weighted by Crippen LogP contribution is 2.45. The Labute approximate surface area is 240 Å². The largest absolute Gasteiger partial charge is 0.395 e. The van der Waals surface area contributed by atoms with Gasteiger partial charge in [-0.2, -0.15) is 0 Å². The maximum Gasteiger partial charge on any atom is 0.264 e. The summed E-state index contributed by atoms with van der Waals surface area (Å²) < 4.78 is 0. The first-order chi connectivity index (χ1) is 19.8. The highest BCUT2D eigenvalue weighted by molar-refractivity contribution is 6.07. The van der Waals surface area contributed by atoms with Crippen LogP contribution >= 0.6 is 0 Å². The molecule has 2 atom stereocenters. The predicted molar refractivity (Wildman–Crippen MR) is 157 cm³/mol. The summed E-state index contributed by atoms with van der Waals surface area (Å²) in [5.74, 6) is -1.07. The van der Waals surface area contributed by atoms with Crippen molar-refractivity contribution < 1.29 is 24.6 Å². The van der Waals surface area contributed by atoms with Gasteiger partial charge in [0.15, 0.2) is 5.60 Å². The molecule has 2 aliphatic heterocycles. The Balaban J connectivity index is 1.29. The van der Waals surface area contributed by atoms with Gasteiger partial charge in [-0.3, -0.25) is 14.4 Å². The van der Waals surface area contributed by atoms with Crippen LogP contribution in [0.3, 0.4) is 0 Å². The van der Waals surface area contributed by atoms with Gasteiger partial charge in [0, 0.05) is 49.6 Å². The Morgan fingerprint density at radius 3 is 2.37 bits per heavy atom. The van der Waals surface area contributed by atoms with Gasteiger partial charge in [-0.05, 0) is 29.3 Å². The molecule has 3 amide bonds. The van der Waals surface area contributed by atoms with Gasteiger partial charge < -0.3 is 24.9 Å². The Morgan fingerprint density at radius 1 is 1.00 bits per heavy atom. The molecule has 0 aliphatic carbocycles. The van der Waals surface area contributed by atoms with Crippen molar-refractivity contribution in [2.24, 2.45) is 5.92 Å². The van der Waals surface area contributed by atoms with E-state index in [1.165, 1.54) is 0 Å². The third-order valence-corrected chi connectivity index (χ3v) is 7.93. The van der Waals surface area contributed by atoms with Crippen LogP contribution in [0.5, 0.6) is 0 Å². The van der Waals surface area contributed by atoms with E-state index < -0.39 is 17.4 Å². The van der Waals surface area contributed by atoms with E-state index in [-0.39, 0.29) is 37.9 Å². The molecule has 41 heavy (non-hydrogen) atoms. The Hall–Kier alpha value is -4.27. The van der Waals surface area contributed by atoms with Gasteiger partial charge in [-0.1, -0.05) is 79.7 Å². The summed E-state index contributed by atoms with van der Waals surface area (Å²) in [5.41, 5.74) is 2.08. The summed E-state index contributed by atoms with van der Waals surface area (Å²) in [6.07, 6.45) is 4.05. The summed E-state index contributed by atoms with van der Waals surface area (Å²) in [6, 6.07) is 24.4. The normalized spacial score (nSPS) is 18.9. The molecule has 0 aromatic heterocycles. The Morgan fingerprint density at radius 2 is 1.71 bits per heavy atom. The quantitative estimate of drug-likeness (QED) is 0.278. The van der Waals surface area contributed by atoms with Crippen molar-refractivity contribution >= 4 is 29.1 Å². The number of benzene rings is 3. The molecule has 0 spiro atoms. The first-order valence-electron chi connectivity index (χ1n) is 13.9. The van der Waals surface area contributed by atoms with Crippen molar-refractivity contribution in [3.63, 3.8) is 0 Å². The van der Waals surface area contributed by atoms with E-state index in [0.717, 1.165) is 16.8 Å². The smallest absolute Gasteiger partial charge is 0.264 e. The molecular formula is C33H35N3O5. The molecule has 2 N–H and O–H groups in total. The molecule has 3 aromatic carbocycles. The second-order valence-corrected chi connectivity index (χ2v) is 10.6. The highest BCUT2D eigenvalue weighted by atomic mass is 16.3. The van der Waals surface area contributed by atoms with E-state index in [0.29, 0.717) is 30.8 Å². The van der Waals surface area contributed by atoms with Gasteiger partial charge in [-0.15, -0.1) is 0 Å². The lowest BCUT2D eigenvalue weighted by Crippen LogP contribution is -2.44. The zero-order chi connectivity index (χ0) is 29.0. The van der Waals surface area contributed by atoms with Crippen LogP contribution < -0.4 is 9.80 Å². The van der Waals surface area contributed by atoms with Crippen molar-refractivity contribution in [2.75, 3.05) is 29.5 Å². The molecule has 212 valence electrons. The number of para-hydroxylation sites is 1. The zero-order valence-corrected chi connectivity index (χ0v) is 23.1. The molecule has 8 nitrogen and oxygen atoms in total. The standard InChI is InChI=1S/C33H35N3O5/c1-24(8-7-13-30(38)34(20-21-37)22-25-9-3-2-4-10-25)33(41)28-11-5-6-12-29(28)36(32(33)40)23-26-14-16-27(17-15-26)35-19-18-31(35)39/h2-12,14-17,24,37,41H,13,18-23H2,1H3/b8-7+/t24-,33+/m1/s1. The second kappa shape index (κ2) is 12.1. The van der Waals surface area contributed by atoms with Gasteiger partial charge in [0.1, 0.15) is 0 Å². The van der Waals surface area contributed by atoms with E-state index in [1.807, 2.05) is 66.7 Å². The number of carbonyl (C=O) groups is 3. The third-order valence-electron chi connectivity index (χ3n) is 7.93. The number of aliphatic hydroxyl groups excluding tert-OH is 1. The van der Waals surface area contributed by atoms with Crippen LogP contribution in [0, 0.1) is 5.92 Å². The number of amides is 3. The minimum atomic E-state index is -1.78. The Kier molecular flexibility index (Phi) is 8.33. The SMILES string of the molecule is C[C@H](/C=C/CC(=O)N(CCO)Cc1ccccc1)[C@@]1(O)C(=O)N(Cc2ccc(N3CCC3=O)cc2)c2ccccc21. The Bertz CT molecular complexity index is 1440. The lowest BCUT2D eigenvalue weighted by atomic mass is 9.83. The van der Waals surface area contributed by atoms with Crippen LogP contribution in [0.4, 0.5) is 11.4 Å². The number of hydrogen-bond acceptors (Lipinski definition) is 5. The van der Waals surface area contributed by atoms with Crippen molar-refractivity contribution in [1.29, 1.82) is 0 Å². The van der Waals surface area contributed by atoms with E-state index >= 15 is 0 Å². The van der Waals surface area contributed by atoms with Gasteiger partial charge in [0.2, 0.25) is 11.8 Å². The second-order valence-electron chi connectivity index (χ2n) is 10.6. The van der Waals surface area contributed by atoms with Crippen molar-refractivity contribution in [3.05, 3.63) is 108 Å². The molecular weight excluding hydrogens is 518 g/mol. The summed E-state index contributed by atoms with van der Waals surface area (Å²) in [5, 5.41) is 21.3. The minimum absolute atomic E-state index is 0.0820. The topological polar surface area (TPSA) is 101 Å². The maximum atomic E-state index is 13.8. The summed E-state index contributed by atoms with van der Waals surface area (Å²) in [7, 11) is 0. The van der Waals surface area contributed by atoms with Crippen LogP contribution in [-0.4, -0.2) is 52.5 Å². The van der Waals surface area contributed by atoms with Crippen molar-refractivity contribution in [1.82, 2.24) is 4.90 Å². The number of aliphatic hydroxyl groups is 2. The van der Waals surface area contributed by atoms with Crippen molar-refractivity contribution in [2.45, 2.75) is 38.5 Å².